The van der Waals surface area contributed by atoms with E-state index in [9.17, 15) is 13.6 Å². The molecule has 1 atom stereocenters. The van der Waals surface area contributed by atoms with Crippen LogP contribution in [0.5, 0.6) is 0 Å². The quantitative estimate of drug-likeness (QED) is 0.353. The van der Waals surface area contributed by atoms with Gasteiger partial charge in [0.05, 0.1) is 35.3 Å². The van der Waals surface area contributed by atoms with E-state index in [4.69, 9.17) is 20.9 Å². The number of nitrogens with zero attached hydrogens (tertiary/aromatic N) is 5. The van der Waals surface area contributed by atoms with Gasteiger partial charge in [0.25, 0.3) is 5.91 Å². The van der Waals surface area contributed by atoms with Crippen molar-refractivity contribution in [2.45, 2.75) is 25.9 Å². The van der Waals surface area contributed by atoms with Crippen molar-refractivity contribution in [3.05, 3.63) is 81.7 Å². The molecule has 1 N–H and O–H groups in total. The third kappa shape index (κ3) is 4.84. The molecule has 0 aromatic carbocycles. The molecule has 4 aromatic heterocycles. The Morgan fingerprint density at radius 1 is 1.31 bits per heavy atom. The van der Waals surface area contributed by atoms with Crippen LogP contribution in [0.25, 0.3) is 11.4 Å². The van der Waals surface area contributed by atoms with Crippen molar-refractivity contribution in [1.82, 2.24) is 30.2 Å². The van der Waals surface area contributed by atoms with Crippen LogP contribution >= 0.6 is 11.6 Å². The van der Waals surface area contributed by atoms with Gasteiger partial charge in [-0.1, -0.05) is 22.8 Å². The number of carbonyl (C=O) groups is 1. The predicted molar refractivity (Wildman–Crippen MR) is 126 cm³/mol. The first-order chi connectivity index (χ1) is 17.1. The number of amides is 1. The molecular weight excluding hydrogens is 494 g/mol. The summed E-state index contributed by atoms with van der Waals surface area (Å²) in [6.45, 7) is 4.16. The largest absolute Gasteiger partial charge is 0.378 e. The topological polar surface area (TPSA) is 108 Å². The summed E-state index contributed by atoms with van der Waals surface area (Å²) < 4.78 is 39.5. The molecule has 0 saturated carbocycles. The third-order valence-electron chi connectivity index (χ3n) is 5.84. The Balaban J connectivity index is 1.66. The molecular formula is C24H23ClF2N6O3. The van der Waals surface area contributed by atoms with Crippen LogP contribution in [0.4, 0.5) is 8.78 Å². The molecule has 0 bridgehead atoms. The van der Waals surface area contributed by atoms with Gasteiger partial charge in [0, 0.05) is 38.4 Å². The van der Waals surface area contributed by atoms with Crippen molar-refractivity contribution >= 4 is 17.5 Å². The molecule has 0 radical (unpaired) electrons. The van der Waals surface area contributed by atoms with Gasteiger partial charge in [0.2, 0.25) is 5.76 Å². The molecule has 0 aliphatic rings. The lowest BCUT2D eigenvalue weighted by Crippen LogP contribution is -2.41. The van der Waals surface area contributed by atoms with E-state index in [1.807, 2.05) is 27.0 Å². The second-order valence-corrected chi connectivity index (χ2v) is 8.77. The summed E-state index contributed by atoms with van der Waals surface area (Å²) in [4.78, 5) is 21.2. The van der Waals surface area contributed by atoms with Crippen LogP contribution in [0.15, 0.2) is 41.1 Å². The van der Waals surface area contributed by atoms with Crippen molar-refractivity contribution < 1.29 is 22.8 Å². The van der Waals surface area contributed by atoms with Gasteiger partial charge >= 0.3 is 0 Å². The molecule has 12 heteroatoms. The maximum absolute atomic E-state index is 14.1. The normalized spacial score (nSPS) is 13.0. The highest BCUT2D eigenvalue weighted by Crippen LogP contribution is 2.36. The standard InChI is InChI=1S/C24H23ClF2N6O3/c1-13-21(17(11-35-4)33(3)31-13)24(2,19-6-5-7-20(25)30-19)12-29-23(34)18-9-16(32-36-18)22-15(27)8-14(26)10-28-22/h5-10H,11-12H2,1-4H3,(H,29,34). The van der Waals surface area contributed by atoms with E-state index in [-0.39, 0.29) is 23.7 Å². The number of nitrogens with one attached hydrogen (secondary N) is 1. The number of pyridine rings is 2. The number of hydrogen-bond donors (Lipinski definition) is 1. The van der Waals surface area contributed by atoms with Crippen LogP contribution in [0, 0.1) is 18.6 Å². The number of ether oxygens (including phenoxy) is 1. The minimum absolute atomic E-state index is 0.0394. The highest BCUT2D eigenvalue weighted by Gasteiger charge is 2.37. The maximum atomic E-state index is 14.1. The molecule has 4 rings (SSSR count). The Hall–Kier alpha value is -3.70. The number of methoxy groups -OCH3 is 1. The molecule has 4 heterocycles. The Kier molecular flexibility index (Phi) is 7.14. The van der Waals surface area contributed by atoms with E-state index in [0.717, 1.165) is 23.1 Å². The van der Waals surface area contributed by atoms with E-state index in [2.05, 4.69) is 25.5 Å². The molecule has 0 aliphatic heterocycles. The Bertz CT molecular complexity index is 1420. The molecule has 0 fully saturated rings. The number of carbonyl (C=O) groups excluding carboxylic acids is 1. The van der Waals surface area contributed by atoms with E-state index in [1.54, 1.807) is 23.9 Å². The van der Waals surface area contributed by atoms with Gasteiger partial charge in [0.15, 0.2) is 5.82 Å². The first-order valence-electron chi connectivity index (χ1n) is 10.8. The monoisotopic (exact) mass is 516 g/mol. The van der Waals surface area contributed by atoms with Crippen LogP contribution in [0.3, 0.4) is 0 Å². The van der Waals surface area contributed by atoms with Crippen molar-refractivity contribution in [3.63, 3.8) is 0 Å². The molecule has 1 unspecified atom stereocenters. The summed E-state index contributed by atoms with van der Waals surface area (Å²) in [5.74, 6) is -2.52. The maximum Gasteiger partial charge on any atom is 0.289 e. The first-order valence-corrected chi connectivity index (χ1v) is 11.2. The third-order valence-corrected chi connectivity index (χ3v) is 6.05. The van der Waals surface area contributed by atoms with Crippen LogP contribution in [0.1, 0.15) is 40.1 Å². The molecule has 4 aromatic rings. The smallest absolute Gasteiger partial charge is 0.289 e. The lowest BCUT2D eigenvalue weighted by molar-refractivity contribution is 0.0910. The number of hydrogen-bond acceptors (Lipinski definition) is 7. The lowest BCUT2D eigenvalue weighted by atomic mass is 9.77. The fraction of sp³-hybridized carbons (Fsp3) is 0.292. The summed E-state index contributed by atoms with van der Waals surface area (Å²) in [5.41, 5.74) is 1.86. The molecule has 0 saturated heterocycles. The summed E-state index contributed by atoms with van der Waals surface area (Å²) in [7, 11) is 3.40. The SMILES string of the molecule is COCc1c(C(C)(CNC(=O)c2cc(-c3ncc(F)cc3F)no2)c2cccc(Cl)n2)c(C)nn1C. The molecule has 0 aliphatic carbocycles. The van der Waals surface area contributed by atoms with Gasteiger partial charge in [-0.2, -0.15) is 5.10 Å². The first kappa shape index (κ1) is 25.4. The van der Waals surface area contributed by atoms with Gasteiger partial charge in [-0.25, -0.2) is 18.7 Å². The Morgan fingerprint density at radius 2 is 2.08 bits per heavy atom. The molecule has 1 amide bonds. The summed E-state index contributed by atoms with van der Waals surface area (Å²) in [5, 5.41) is 11.4. The van der Waals surface area contributed by atoms with Crippen LogP contribution in [-0.2, 0) is 23.8 Å². The zero-order valence-electron chi connectivity index (χ0n) is 20.0. The van der Waals surface area contributed by atoms with Crippen LogP contribution in [0.2, 0.25) is 5.15 Å². The van der Waals surface area contributed by atoms with E-state index in [1.165, 1.54) is 6.07 Å². The van der Waals surface area contributed by atoms with Crippen molar-refractivity contribution in [1.29, 1.82) is 0 Å². The van der Waals surface area contributed by atoms with E-state index in [0.29, 0.717) is 23.5 Å². The fourth-order valence-corrected chi connectivity index (χ4v) is 4.35. The summed E-state index contributed by atoms with van der Waals surface area (Å²) in [6.07, 6.45) is 0.851. The Labute approximate surface area is 210 Å². The molecule has 0 spiro atoms. The number of rotatable bonds is 8. The zero-order valence-corrected chi connectivity index (χ0v) is 20.7. The zero-order chi connectivity index (χ0) is 26.0. The average Bonchev–Trinajstić information content (AvgIpc) is 3.42. The van der Waals surface area contributed by atoms with Gasteiger partial charge in [-0.15, -0.1) is 0 Å². The van der Waals surface area contributed by atoms with Crippen molar-refractivity contribution in [2.75, 3.05) is 13.7 Å². The average molecular weight is 517 g/mol. The lowest BCUT2D eigenvalue weighted by Gasteiger charge is -2.30. The van der Waals surface area contributed by atoms with Crippen molar-refractivity contribution in [3.8, 4) is 11.4 Å². The van der Waals surface area contributed by atoms with E-state index >= 15 is 0 Å². The summed E-state index contributed by atoms with van der Waals surface area (Å²) in [6, 6.07) is 7.16. The van der Waals surface area contributed by atoms with Crippen molar-refractivity contribution in [2.24, 2.45) is 7.05 Å². The van der Waals surface area contributed by atoms with Gasteiger partial charge in [0.1, 0.15) is 22.4 Å². The highest BCUT2D eigenvalue weighted by atomic mass is 35.5. The number of halogens is 3. The van der Waals surface area contributed by atoms with Gasteiger partial charge in [-0.3, -0.25) is 9.48 Å². The number of aromatic nitrogens is 5. The second kappa shape index (κ2) is 10.1. The molecule has 36 heavy (non-hydrogen) atoms. The summed E-state index contributed by atoms with van der Waals surface area (Å²) >= 11 is 6.20. The predicted octanol–water partition coefficient (Wildman–Crippen LogP) is 3.99. The minimum atomic E-state index is -0.924. The van der Waals surface area contributed by atoms with Crippen LogP contribution in [-0.4, -0.2) is 44.5 Å². The van der Waals surface area contributed by atoms with E-state index < -0.39 is 23.0 Å². The van der Waals surface area contributed by atoms with Crippen LogP contribution < -0.4 is 5.32 Å². The number of aryl methyl sites for hydroxylation is 2. The molecule has 188 valence electrons. The van der Waals surface area contributed by atoms with Gasteiger partial charge < -0.3 is 14.6 Å². The van der Waals surface area contributed by atoms with Gasteiger partial charge in [-0.05, 0) is 26.0 Å². The molecule has 9 nitrogen and oxygen atoms in total. The minimum Gasteiger partial charge on any atom is -0.378 e. The fourth-order valence-electron chi connectivity index (χ4n) is 4.19. The highest BCUT2D eigenvalue weighted by molar-refractivity contribution is 6.29. The Morgan fingerprint density at radius 3 is 2.78 bits per heavy atom. The second-order valence-electron chi connectivity index (χ2n) is 8.38.